The second-order valence-electron chi connectivity index (χ2n) is 5.04. The van der Waals surface area contributed by atoms with Crippen LogP contribution in [0, 0.1) is 0 Å². The molecule has 0 aromatic carbocycles. The first-order valence-corrected chi connectivity index (χ1v) is 6.08. The van der Waals surface area contributed by atoms with E-state index in [0.29, 0.717) is 6.42 Å². The van der Waals surface area contributed by atoms with Crippen molar-refractivity contribution in [1.29, 1.82) is 0 Å². The van der Waals surface area contributed by atoms with Crippen LogP contribution in [0.1, 0.15) is 33.6 Å². The van der Waals surface area contributed by atoms with Crippen LogP contribution in [0.2, 0.25) is 0 Å². The lowest BCUT2D eigenvalue weighted by molar-refractivity contribution is -0.146. The smallest absolute Gasteiger partial charge is 0.303 e. The van der Waals surface area contributed by atoms with Crippen LogP contribution in [-0.4, -0.2) is 58.5 Å². The van der Waals surface area contributed by atoms with Crippen molar-refractivity contribution < 1.29 is 14.7 Å². The average Bonchev–Trinajstić information content (AvgIpc) is 2.23. The highest BCUT2D eigenvalue weighted by Gasteiger charge is 2.37. The first kappa shape index (κ1) is 14.0. The monoisotopic (exact) mass is 242 g/mol. The van der Waals surface area contributed by atoms with Gasteiger partial charge in [0.2, 0.25) is 5.91 Å². The Morgan fingerprint density at radius 1 is 1.53 bits per heavy atom. The van der Waals surface area contributed by atoms with E-state index in [4.69, 9.17) is 5.11 Å². The Bertz CT molecular complexity index is 304. The van der Waals surface area contributed by atoms with E-state index < -0.39 is 5.97 Å². The highest BCUT2D eigenvalue weighted by Crippen LogP contribution is 2.21. The SMILES string of the molecule is CC1CN(C(C)C)C(CCC(=O)O)C(=O)N1C. The third-order valence-electron chi connectivity index (χ3n) is 3.46. The minimum absolute atomic E-state index is 0.0405. The highest BCUT2D eigenvalue weighted by molar-refractivity contribution is 5.83. The van der Waals surface area contributed by atoms with Gasteiger partial charge < -0.3 is 10.0 Å². The van der Waals surface area contributed by atoms with Crippen molar-refractivity contribution in [3.63, 3.8) is 0 Å². The summed E-state index contributed by atoms with van der Waals surface area (Å²) >= 11 is 0. The Morgan fingerprint density at radius 2 is 2.12 bits per heavy atom. The molecule has 5 nitrogen and oxygen atoms in total. The molecule has 0 aromatic heterocycles. The standard InChI is InChI=1S/C12H22N2O3/c1-8(2)14-7-9(3)13(4)12(17)10(14)5-6-11(15)16/h8-10H,5-7H2,1-4H3,(H,15,16). The first-order valence-electron chi connectivity index (χ1n) is 6.08. The number of hydrogen-bond donors (Lipinski definition) is 1. The van der Waals surface area contributed by atoms with Gasteiger partial charge in [-0.3, -0.25) is 14.5 Å². The third kappa shape index (κ3) is 3.19. The number of aliphatic carboxylic acids is 1. The zero-order valence-corrected chi connectivity index (χ0v) is 11.0. The molecule has 1 saturated heterocycles. The summed E-state index contributed by atoms with van der Waals surface area (Å²) in [4.78, 5) is 26.6. The van der Waals surface area contributed by atoms with E-state index in [1.807, 2.05) is 20.8 Å². The lowest BCUT2D eigenvalue weighted by Gasteiger charge is -2.45. The van der Waals surface area contributed by atoms with Crippen molar-refractivity contribution in [2.45, 2.75) is 51.7 Å². The average molecular weight is 242 g/mol. The maximum Gasteiger partial charge on any atom is 0.303 e. The van der Waals surface area contributed by atoms with E-state index in [1.165, 1.54) is 0 Å². The highest BCUT2D eigenvalue weighted by atomic mass is 16.4. The Balaban J connectivity index is 2.79. The van der Waals surface area contributed by atoms with Crippen molar-refractivity contribution in [3.05, 3.63) is 0 Å². The molecule has 1 amide bonds. The Hall–Kier alpha value is -1.10. The van der Waals surface area contributed by atoms with Crippen LogP contribution in [0.4, 0.5) is 0 Å². The molecule has 0 bridgehead atoms. The second kappa shape index (κ2) is 5.49. The largest absolute Gasteiger partial charge is 0.481 e. The van der Waals surface area contributed by atoms with Gasteiger partial charge in [0.05, 0.1) is 6.04 Å². The summed E-state index contributed by atoms with van der Waals surface area (Å²) in [6, 6.07) is 0.159. The van der Waals surface area contributed by atoms with Gasteiger partial charge in [-0.15, -0.1) is 0 Å². The number of carbonyl (C=O) groups excluding carboxylic acids is 1. The van der Waals surface area contributed by atoms with E-state index in [2.05, 4.69) is 4.90 Å². The number of carboxylic acids is 1. The minimum Gasteiger partial charge on any atom is -0.481 e. The molecule has 17 heavy (non-hydrogen) atoms. The molecule has 1 fully saturated rings. The molecule has 0 spiro atoms. The van der Waals surface area contributed by atoms with Crippen molar-refractivity contribution >= 4 is 11.9 Å². The van der Waals surface area contributed by atoms with Gasteiger partial charge in [0, 0.05) is 32.1 Å². The quantitative estimate of drug-likeness (QED) is 0.792. The predicted molar refractivity (Wildman–Crippen MR) is 64.7 cm³/mol. The van der Waals surface area contributed by atoms with Gasteiger partial charge in [0.15, 0.2) is 0 Å². The summed E-state index contributed by atoms with van der Waals surface area (Å²) in [7, 11) is 1.79. The maximum atomic E-state index is 12.2. The molecule has 2 atom stereocenters. The number of rotatable bonds is 4. The maximum absolute atomic E-state index is 12.2. The number of hydrogen-bond acceptors (Lipinski definition) is 3. The molecule has 5 heteroatoms. The lowest BCUT2D eigenvalue weighted by Crippen LogP contribution is -2.61. The number of likely N-dealkylation sites (N-methyl/N-ethyl adjacent to an activating group) is 1. The minimum atomic E-state index is -0.845. The fourth-order valence-corrected chi connectivity index (χ4v) is 2.27. The summed E-state index contributed by atoms with van der Waals surface area (Å²) in [6.07, 6.45) is 0.436. The van der Waals surface area contributed by atoms with E-state index >= 15 is 0 Å². The number of amides is 1. The fourth-order valence-electron chi connectivity index (χ4n) is 2.27. The van der Waals surface area contributed by atoms with E-state index in [9.17, 15) is 9.59 Å². The summed E-state index contributed by atoms with van der Waals surface area (Å²) in [6.45, 7) is 6.91. The second-order valence-corrected chi connectivity index (χ2v) is 5.04. The summed E-state index contributed by atoms with van der Waals surface area (Å²) in [5.41, 5.74) is 0. The Labute approximate surface area is 102 Å². The van der Waals surface area contributed by atoms with Gasteiger partial charge >= 0.3 is 5.97 Å². The van der Waals surface area contributed by atoms with Crippen LogP contribution in [0.25, 0.3) is 0 Å². The molecule has 1 aliphatic heterocycles. The fraction of sp³-hybridized carbons (Fsp3) is 0.833. The third-order valence-corrected chi connectivity index (χ3v) is 3.46. The van der Waals surface area contributed by atoms with Gasteiger partial charge in [0.25, 0.3) is 0 Å². The predicted octanol–water partition coefficient (Wildman–Crippen LogP) is 0.791. The van der Waals surface area contributed by atoms with Gasteiger partial charge in [-0.05, 0) is 27.2 Å². The topological polar surface area (TPSA) is 60.9 Å². The molecule has 1 aliphatic rings. The van der Waals surface area contributed by atoms with Gasteiger partial charge in [0.1, 0.15) is 0 Å². The van der Waals surface area contributed by atoms with Crippen molar-refractivity contribution in [3.8, 4) is 0 Å². The number of piperazine rings is 1. The first-order chi connectivity index (χ1) is 7.84. The zero-order valence-electron chi connectivity index (χ0n) is 11.0. The van der Waals surface area contributed by atoms with Crippen LogP contribution < -0.4 is 0 Å². The van der Waals surface area contributed by atoms with Crippen LogP contribution >= 0.6 is 0 Å². The lowest BCUT2D eigenvalue weighted by atomic mass is 10.0. The molecule has 0 radical (unpaired) electrons. The zero-order chi connectivity index (χ0) is 13.2. The van der Waals surface area contributed by atoms with Crippen LogP contribution in [0.15, 0.2) is 0 Å². The van der Waals surface area contributed by atoms with Crippen molar-refractivity contribution in [1.82, 2.24) is 9.80 Å². The van der Waals surface area contributed by atoms with Gasteiger partial charge in [-0.1, -0.05) is 0 Å². The summed E-state index contributed by atoms with van der Waals surface area (Å²) in [5, 5.41) is 8.73. The number of carbonyl (C=O) groups is 2. The van der Waals surface area contributed by atoms with E-state index in [1.54, 1.807) is 11.9 Å². The molecule has 0 aromatic rings. The van der Waals surface area contributed by atoms with Gasteiger partial charge in [-0.25, -0.2) is 0 Å². The normalized spacial score (nSPS) is 26.6. The Kier molecular flexibility index (Phi) is 4.51. The van der Waals surface area contributed by atoms with E-state index in [-0.39, 0.29) is 30.5 Å². The van der Waals surface area contributed by atoms with Crippen LogP contribution in [0.3, 0.4) is 0 Å². The van der Waals surface area contributed by atoms with Gasteiger partial charge in [-0.2, -0.15) is 0 Å². The summed E-state index contributed by atoms with van der Waals surface area (Å²) in [5.74, 6) is -0.804. The van der Waals surface area contributed by atoms with Crippen molar-refractivity contribution in [2.24, 2.45) is 0 Å². The molecular weight excluding hydrogens is 220 g/mol. The summed E-state index contributed by atoms with van der Waals surface area (Å²) < 4.78 is 0. The Morgan fingerprint density at radius 3 is 2.59 bits per heavy atom. The molecular formula is C12H22N2O3. The molecule has 2 unspecified atom stereocenters. The van der Waals surface area contributed by atoms with Crippen LogP contribution in [-0.2, 0) is 9.59 Å². The molecule has 0 saturated carbocycles. The number of nitrogens with zero attached hydrogens (tertiary/aromatic N) is 2. The van der Waals surface area contributed by atoms with Crippen molar-refractivity contribution in [2.75, 3.05) is 13.6 Å². The molecule has 98 valence electrons. The van der Waals surface area contributed by atoms with Crippen LogP contribution in [0.5, 0.6) is 0 Å². The molecule has 1 rings (SSSR count). The molecule has 1 N–H and O–H groups in total. The molecule has 1 heterocycles. The van der Waals surface area contributed by atoms with E-state index in [0.717, 1.165) is 6.54 Å². The molecule has 0 aliphatic carbocycles. The number of carboxylic acid groups (broad SMARTS) is 1.